The number of oxazole rings is 1. The maximum atomic E-state index is 12.8. The third-order valence-corrected chi connectivity index (χ3v) is 5.53. The summed E-state index contributed by atoms with van der Waals surface area (Å²) < 4.78 is 44.6. The maximum absolute atomic E-state index is 12.8. The highest BCUT2D eigenvalue weighted by atomic mass is 32.2. The number of ether oxygens (including phenoxy) is 1. The van der Waals surface area contributed by atoms with Gasteiger partial charge in [-0.3, -0.25) is 9.29 Å². The van der Waals surface area contributed by atoms with Crippen LogP contribution in [0.4, 0.5) is 5.69 Å². The van der Waals surface area contributed by atoms with Crippen molar-refractivity contribution in [2.24, 2.45) is 0 Å². The molecule has 4 aromatic rings. The van der Waals surface area contributed by atoms with Crippen molar-refractivity contribution in [3.05, 3.63) is 64.7 Å². The van der Waals surface area contributed by atoms with Gasteiger partial charge in [-0.25, -0.2) is 13.2 Å². The third kappa shape index (κ3) is 3.59. The number of rotatable bonds is 6. The number of aromatic nitrogens is 3. The van der Waals surface area contributed by atoms with Crippen LogP contribution in [0.2, 0.25) is 0 Å². The van der Waals surface area contributed by atoms with Gasteiger partial charge in [-0.1, -0.05) is 17.3 Å². The summed E-state index contributed by atoms with van der Waals surface area (Å²) in [6.07, 6.45) is 0. The summed E-state index contributed by atoms with van der Waals surface area (Å²) in [6.45, 7) is 1.67. The number of hydrogen-bond acceptors (Lipinski definition) is 8. The summed E-state index contributed by atoms with van der Waals surface area (Å²) in [5, 5.41) is 3.75. The predicted octanol–water partition coefficient (Wildman–Crippen LogP) is 2.14. The van der Waals surface area contributed by atoms with Gasteiger partial charge in [0.25, 0.3) is 10.0 Å². The van der Waals surface area contributed by atoms with Gasteiger partial charge >= 0.3 is 5.76 Å². The summed E-state index contributed by atoms with van der Waals surface area (Å²) in [5.41, 5.74) is 0.827. The molecule has 2 heterocycles. The van der Waals surface area contributed by atoms with Crippen molar-refractivity contribution in [3.8, 4) is 5.75 Å². The van der Waals surface area contributed by atoms with Gasteiger partial charge in [0.15, 0.2) is 11.4 Å². The Balaban J connectivity index is 1.69. The maximum Gasteiger partial charge on any atom is 0.420 e. The van der Waals surface area contributed by atoms with Gasteiger partial charge in [-0.05, 0) is 24.3 Å². The summed E-state index contributed by atoms with van der Waals surface area (Å²) in [6, 6.07) is 10.8. The lowest BCUT2D eigenvalue weighted by atomic mass is 10.3. The lowest BCUT2D eigenvalue weighted by Gasteiger charge is -2.11. The second-order valence-electron chi connectivity index (χ2n) is 6.12. The largest absolute Gasteiger partial charge is 0.495 e. The highest BCUT2D eigenvalue weighted by molar-refractivity contribution is 7.92. The lowest BCUT2D eigenvalue weighted by Crippen LogP contribution is -2.15. The van der Waals surface area contributed by atoms with Gasteiger partial charge in [0.1, 0.15) is 5.75 Å². The third-order valence-electron chi connectivity index (χ3n) is 4.17. The number of sulfonamides is 1. The molecule has 0 bridgehead atoms. The molecular formula is C18H16N4O6S. The number of fused-ring (bicyclic) bond motifs is 1. The van der Waals surface area contributed by atoms with Crippen LogP contribution in [0, 0.1) is 6.92 Å². The summed E-state index contributed by atoms with van der Waals surface area (Å²) >= 11 is 0. The minimum absolute atomic E-state index is 0.0364. The Labute approximate surface area is 164 Å². The molecule has 1 N–H and O–H groups in total. The molecule has 0 saturated carbocycles. The molecule has 4 rings (SSSR count). The van der Waals surface area contributed by atoms with Crippen LogP contribution in [0.3, 0.4) is 0 Å². The first-order chi connectivity index (χ1) is 13.9. The van der Waals surface area contributed by atoms with Crippen LogP contribution in [0.15, 0.2) is 61.1 Å². The predicted molar refractivity (Wildman–Crippen MR) is 102 cm³/mol. The molecule has 0 radical (unpaired) electrons. The Morgan fingerprint density at radius 1 is 1.21 bits per heavy atom. The summed E-state index contributed by atoms with van der Waals surface area (Å²) in [7, 11) is -2.49. The van der Waals surface area contributed by atoms with E-state index in [4.69, 9.17) is 13.7 Å². The first-order valence-corrected chi connectivity index (χ1v) is 9.94. The number of aryl methyl sites for hydroxylation is 1. The Kier molecular flexibility index (Phi) is 4.59. The molecule has 0 aliphatic rings. The molecule has 0 saturated heterocycles. The number of nitrogens with zero attached hydrogens (tertiary/aromatic N) is 3. The molecular weight excluding hydrogens is 400 g/mol. The van der Waals surface area contributed by atoms with Crippen molar-refractivity contribution in [2.45, 2.75) is 18.4 Å². The Morgan fingerprint density at radius 3 is 2.72 bits per heavy atom. The van der Waals surface area contributed by atoms with E-state index in [2.05, 4.69) is 14.9 Å². The van der Waals surface area contributed by atoms with E-state index in [1.165, 1.54) is 29.9 Å². The van der Waals surface area contributed by atoms with Crippen molar-refractivity contribution < 1.29 is 22.1 Å². The van der Waals surface area contributed by atoms with E-state index in [1.54, 1.807) is 31.2 Å². The Hall–Kier alpha value is -3.60. The first kappa shape index (κ1) is 18.7. The number of methoxy groups -OCH3 is 1. The SMILES string of the molecule is COc1ccccc1NS(=O)(=O)c1ccc2c(c1)oc(=O)n2Cc1noc(C)n1. The minimum Gasteiger partial charge on any atom is -0.495 e. The van der Waals surface area contributed by atoms with Crippen molar-refractivity contribution in [1.29, 1.82) is 0 Å². The fraction of sp³-hybridized carbons (Fsp3) is 0.167. The number of hydrogen-bond donors (Lipinski definition) is 1. The number of para-hydroxylation sites is 2. The van der Waals surface area contributed by atoms with E-state index < -0.39 is 15.8 Å². The van der Waals surface area contributed by atoms with Gasteiger partial charge in [0, 0.05) is 13.0 Å². The molecule has 0 fully saturated rings. The number of anilines is 1. The van der Waals surface area contributed by atoms with Crippen LogP contribution < -0.4 is 15.2 Å². The van der Waals surface area contributed by atoms with Gasteiger partial charge in [0.2, 0.25) is 5.89 Å². The molecule has 0 unspecified atom stereocenters. The minimum atomic E-state index is -3.94. The fourth-order valence-corrected chi connectivity index (χ4v) is 3.93. The molecule has 29 heavy (non-hydrogen) atoms. The van der Waals surface area contributed by atoms with E-state index in [1.807, 2.05) is 0 Å². The zero-order chi connectivity index (χ0) is 20.6. The van der Waals surface area contributed by atoms with Crippen molar-refractivity contribution in [3.63, 3.8) is 0 Å². The summed E-state index contributed by atoms with van der Waals surface area (Å²) in [4.78, 5) is 16.2. The van der Waals surface area contributed by atoms with Crippen molar-refractivity contribution in [2.75, 3.05) is 11.8 Å². The second-order valence-corrected chi connectivity index (χ2v) is 7.80. The molecule has 150 valence electrons. The van der Waals surface area contributed by atoms with Crippen LogP contribution in [-0.2, 0) is 16.6 Å². The zero-order valence-corrected chi connectivity index (χ0v) is 16.3. The van der Waals surface area contributed by atoms with Crippen LogP contribution >= 0.6 is 0 Å². The van der Waals surface area contributed by atoms with Crippen molar-refractivity contribution in [1.82, 2.24) is 14.7 Å². The average Bonchev–Trinajstić information content (AvgIpc) is 3.24. The smallest absolute Gasteiger partial charge is 0.420 e. The van der Waals surface area contributed by atoms with E-state index >= 15 is 0 Å². The highest BCUT2D eigenvalue weighted by Gasteiger charge is 2.20. The molecule has 2 aromatic heterocycles. The van der Waals surface area contributed by atoms with Gasteiger partial charge in [-0.15, -0.1) is 0 Å². The van der Waals surface area contributed by atoms with Gasteiger partial charge < -0.3 is 13.7 Å². The molecule has 0 aliphatic heterocycles. The van der Waals surface area contributed by atoms with E-state index in [0.29, 0.717) is 28.7 Å². The highest BCUT2D eigenvalue weighted by Crippen LogP contribution is 2.27. The van der Waals surface area contributed by atoms with Crippen LogP contribution in [0.5, 0.6) is 5.75 Å². The van der Waals surface area contributed by atoms with Gasteiger partial charge in [-0.2, -0.15) is 4.98 Å². The molecule has 10 nitrogen and oxygen atoms in total. The topological polar surface area (TPSA) is 129 Å². The monoisotopic (exact) mass is 416 g/mol. The van der Waals surface area contributed by atoms with Gasteiger partial charge in [0.05, 0.1) is 29.8 Å². The second kappa shape index (κ2) is 7.09. The standard InChI is InChI=1S/C18H16N4O6S/c1-11-19-17(20-28-11)10-22-14-8-7-12(9-16(14)27-18(22)23)29(24,25)21-13-5-3-4-6-15(13)26-2/h3-9,21H,10H2,1-2H3. The van der Waals surface area contributed by atoms with Crippen LogP contribution in [-0.4, -0.2) is 30.2 Å². The first-order valence-electron chi connectivity index (χ1n) is 8.46. The van der Waals surface area contributed by atoms with Crippen molar-refractivity contribution >= 4 is 26.8 Å². The molecule has 0 atom stereocenters. The molecule has 0 amide bonds. The Morgan fingerprint density at radius 2 is 2.00 bits per heavy atom. The average molecular weight is 416 g/mol. The molecule has 11 heteroatoms. The Bertz CT molecular complexity index is 1350. The quantitative estimate of drug-likeness (QED) is 0.506. The number of nitrogens with one attached hydrogen (secondary N) is 1. The van der Waals surface area contributed by atoms with E-state index in [-0.39, 0.29) is 17.0 Å². The number of benzene rings is 2. The summed E-state index contributed by atoms with van der Waals surface area (Å²) in [5.74, 6) is 0.401. The van der Waals surface area contributed by atoms with E-state index in [9.17, 15) is 13.2 Å². The molecule has 0 spiro atoms. The normalized spacial score (nSPS) is 11.7. The fourth-order valence-electron chi connectivity index (χ4n) is 2.84. The molecule has 2 aromatic carbocycles. The molecule has 0 aliphatic carbocycles. The van der Waals surface area contributed by atoms with Crippen LogP contribution in [0.25, 0.3) is 11.1 Å². The zero-order valence-electron chi connectivity index (χ0n) is 15.4. The van der Waals surface area contributed by atoms with Crippen LogP contribution in [0.1, 0.15) is 11.7 Å². The lowest BCUT2D eigenvalue weighted by molar-refractivity contribution is 0.385. The van der Waals surface area contributed by atoms with E-state index in [0.717, 1.165) is 0 Å².